The van der Waals surface area contributed by atoms with Crippen LogP contribution < -0.4 is 4.90 Å². The van der Waals surface area contributed by atoms with Crippen molar-refractivity contribution in [2.45, 2.75) is 25.4 Å². The molecule has 2 aliphatic heterocycles. The first-order chi connectivity index (χ1) is 12.6. The van der Waals surface area contributed by atoms with Gasteiger partial charge in [-0.2, -0.15) is 0 Å². The standard InChI is InChI=1S/C19H22FN3O2S/c1-14-3-11-26-17(14)18(24)23-9-10-25-19(13-23)4-7-22(8-5-19)16-2-6-21-12-15(16)20/h2-3,6,11-12H,4-5,7-10,13H2,1H3. The molecule has 2 aromatic heterocycles. The molecular formula is C19H22FN3O2S. The van der Waals surface area contributed by atoms with Crippen LogP contribution in [0.5, 0.6) is 0 Å². The molecule has 138 valence electrons. The molecule has 0 bridgehead atoms. The van der Waals surface area contributed by atoms with E-state index in [1.54, 1.807) is 12.3 Å². The molecule has 1 amide bonds. The molecule has 2 saturated heterocycles. The molecule has 2 aromatic rings. The van der Waals surface area contributed by atoms with E-state index < -0.39 is 0 Å². The second-order valence-electron chi connectivity index (χ2n) is 7.01. The minimum Gasteiger partial charge on any atom is -0.371 e. The van der Waals surface area contributed by atoms with Gasteiger partial charge in [0.1, 0.15) is 0 Å². The molecule has 4 rings (SSSR count). The number of carbonyl (C=O) groups excluding carboxylic acids is 1. The minimum atomic E-state index is -0.320. The maximum absolute atomic E-state index is 14.0. The highest BCUT2D eigenvalue weighted by Crippen LogP contribution is 2.33. The maximum Gasteiger partial charge on any atom is 0.264 e. The number of thiophene rings is 1. The van der Waals surface area contributed by atoms with Crippen LogP contribution >= 0.6 is 11.3 Å². The van der Waals surface area contributed by atoms with E-state index in [4.69, 9.17) is 4.74 Å². The van der Waals surface area contributed by atoms with Crippen molar-refractivity contribution in [2.24, 2.45) is 0 Å². The van der Waals surface area contributed by atoms with E-state index in [0.717, 1.165) is 23.3 Å². The second-order valence-corrected chi connectivity index (χ2v) is 7.92. The Balaban J connectivity index is 1.44. The number of aromatic nitrogens is 1. The zero-order valence-corrected chi connectivity index (χ0v) is 15.6. The van der Waals surface area contributed by atoms with E-state index in [2.05, 4.69) is 4.98 Å². The summed E-state index contributed by atoms with van der Waals surface area (Å²) in [4.78, 5) is 21.4. The highest BCUT2D eigenvalue weighted by atomic mass is 32.1. The van der Waals surface area contributed by atoms with Crippen molar-refractivity contribution in [2.75, 3.05) is 37.7 Å². The summed E-state index contributed by atoms with van der Waals surface area (Å²) in [7, 11) is 0. The van der Waals surface area contributed by atoms with Gasteiger partial charge in [0.05, 0.1) is 35.5 Å². The average Bonchev–Trinajstić information content (AvgIpc) is 3.08. The number of amides is 1. The number of nitrogens with zero attached hydrogens (tertiary/aromatic N) is 3. The minimum absolute atomic E-state index is 0.0998. The van der Waals surface area contributed by atoms with Crippen LogP contribution in [-0.4, -0.2) is 54.2 Å². The van der Waals surface area contributed by atoms with Crippen molar-refractivity contribution >= 4 is 22.9 Å². The number of morpholine rings is 1. The first-order valence-electron chi connectivity index (χ1n) is 8.90. The maximum atomic E-state index is 14.0. The van der Waals surface area contributed by atoms with Gasteiger partial charge in [-0.25, -0.2) is 4.39 Å². The fourth-order valence-electron chi connectivity index (χ4n) is 3.84. The fourth-order valence-corrected chi connectivity index (χ4v) is 4.73. The Morgan fingerprint density at radius 3 is 2.81 bits per heavy atom. The predicted octanol–water partition coefficient (Wildman–Crippen LogP) is 3.10. The number of hydrogen-bond donors (Lipinski definition) is 0. The zero-order valence-electron chi connectivity index (χ0n) is 14.8. The van der Waals surface area contributed by atoms with E-state index in [9.17, 15) is 9.18 Å². The van der Waals surface area contributed by atoms with Gasteiger partial charge < -0.3 is 14.5 Å². The van der Waals surface area contributed by atoms with Crippen molar-refractivity contribution in [3.63, 3.8) is 0 Å². The van der Waals surface area contributed by atoms with E-state index in [-0.39, 0.29) is 17.3 Å². The Labute approximate surface area is 156 Å². The van der Waals surface area contributed by atoms with E-state index >= 15 is 0 Å². The van der Waals surface area contributed by atoms with Gasteiger partial charge in [0.15, 0.2) is 5.82 Å². The monoisotopic (exact) mass is 375 g/mol. The summed E-state index contributed by atoms with van der Waals surface area (Å²) < 4.78 is 20.1. The van der Waals surface area contributed by atoms with Crippen molar-refractivity contribution in [1.82, 2.24) is 9.88 Å². The number of rotatable bonds is 2. The highest BCUT2D eigenvalue weighted by Gasteiger charge is 2.41. The fraction of sp³-hybridized carbons (Fsp3) is 0.474. The predicted molar refractivity (Wildman–Crippen MR) is 99.3 cm³/mol. The Kier molecular flexibility index (Phi) is 4.67. The third-order valence-corrected chi connectivity index (χ3v) is 6.36. The molecule has 26 heavy (non-hydrogen) atoms. The van der Waals surface area contributed by atoms with Gasteiger partial charge in [-0.1, -0.05) is 0 Å². The molecule has 4 heterocycles. The number of anilines is 1. The smallest absolute Gasteiger partial charge is 0.264 e. The molecule has 1 spiro atoms. The Morgan fingerprint density at radius 2 is 2.12 bits per heavy atom. The van der Waals surface area contributed by atoms with Crippen LogP contribution in [-0.2, 0) is 4.74 Å². The lowest BCUT2D eigenvalue weighted by atomic mass is 9.89. The van der Waals surface area contributed by atoms with Crippen molar-refractivity contribution < 1.29 is 13.9 Å². The van der Waals surface area contributed by atoms with E-state index in [1.165, 1.54) is 17.5 Å². The van der Waals surface area contributed by atoms with Crippen LogP contribution in [0.15, 0.2) is 29.9 Å². The van der Waals surface area contributed by atoms with Crippen LogP contribution in [0.25, 0.3) is 0 Å². The topological polar surface area (TPSA) is 45.7 Å². The number of pyridine rings is 1. The Bertz CT molecular complexity index is 802. The molecule has 0 aliphatic carbocycles. The quantitative estimate of drug-likeness (QED) is 0.809. The lowest BCUT2D eigenvalue weighted by Crippen LogP contribution is -2.58. The highest BCUT2D eigenvalue weighted by molar-refractivity contribution is 7.12. The van der Waals surface area contributed by atoms with Gasteiger partial charge in [0, 0.05) is 25.8 Å². The summed E-state index contributed by atoms with van der Waals surface area (Å²) in [6, 6.07) is 3.69. The second kappa shape index (κ2) is 6.96. The summed E-state index contributed by atoms with van der Waals surface area (Å²) >= 11 is 1.50. The molecule has 7 heteroatoms. The molecule has 5 nitrogen and oxygen atoms in total. The van der Waals surface area contributed by atoms with Gasteiger partial charge in [0.25, 0.3) is 5.91 Å². The molecule has 0 unspecified atom stereocenters. The molecule has 0 aromatic carbocycles. The Morgan fingerprint density at radius 1 is 1.31 bits per heavy atom. The lowest BCUT2D eigenvalue weighted by Gasteiger charge is -2.47. The first-order valence-corrected chi connectivity index (χ1v) is 9.78. The molecule has 0 atom stereocenters. The van der Waals surface area contributed by atoms with Crippen molar-refractivity contribution in [3.8, 4) is 0 Å². The van der Waals surface area contributed by atoms with Gasteiger partial charge >= 0.3 is 0 Å². The molecule has 0 radical (unpaired) electrons. The van der Waals surface area contributed by atoms with Gasteiger partial charge in [0.2, 0.25) is 0 Å². The van der Waals surface area contributed by atoms with Gasteiger partial charge in [-0.3, -0.25) is 9.78 Å². The molecule has 2 aliphatic rings. The summed E-state index contributed by atoms with van der Waals surface area (Å²) in [6.45, 7) is 5.18. The van der Waals surface area contributed by atoms with Gasteiger partial charge in [-0.15, -0.1) is 11.3 Å². The molecule has 2 fully saturated rings. The molecule has 0 N–H and O–H groups in total. The van der Waals surface area contributed by atoms with E-state index in [0.29, 0.717) is 38.5 Å². The molecule has 0 saturated carbocycles. The van der Waals surface area contributed by atoms with Crippen molar-refractivity contribution in [3.05, 3.63) is 46.2 Å². The van der Waals surface area contributed by atoms with Crippen LogP contribution in [0, 0.1) is 12.7 Å². The Hall–Kier alpha value is -1.99. The summed E-state index contributed by atoms with van der Waals surface area (Å²) in [5.41, 5.74) is 1.30. The van der Waals surface area contributed by atoms with E-state index in [1.807, 2.05) is 28.2 Å². The van der Waals surface area contributed by atoms with Crippen LogP contribution in [0.2, 0.25) is 0 Å². The number of ether oxygens (including phenoxy) is 1. The third kappa shape index (κ3) is 3.21. The normalized spacial score (nSPS) is 19.8. The van der Waals surface area contributed by atoms with Crippen LogP contribution in [0.4, 0.5) is 10.1 Å². The number of aryl methyl sites for hydroxylation is 1. The SMILES string of the molecule is Cc1ccsc1C(=O)N1CCOC2(CCN(c3ccncc3F)CC2)C1. The number of halogens is 1. The summed E-state index contributed by atoms with van der Waals surface area (Å²) in [5.74, 6) is -0.194. The molecular weight excluding hydrogens is 353 g/mol. The summed E-state index contributed by atoms with van der Waals surface area (Å²) in [6.07, 6.45) is 4.42. The number of carbonyl (C=O) groups is 1. The average molecular weight is 375 g/mol. The summed E-state index contributed by atoms with van der Waals surface area (Å²) in [5, 5.41) is 1.96. The van der Waals surface area contributed by atoms with Gasteiger partial charge in [-0.05, 0) is 42.8 Å². The number of piperidine rings is 1. The first kappa shape index (κ1) is 17.4. The van der Waals surface area contributed by atoms with Crippen molar-refractivity contribution in [1.29, 1.82) is 0 Å². The zero-order chi connectivity index (χ0) is 18.1. The third-order valence-electron chi connectivity index (χ3n) is 5.36. The van der Waals surface area contributed by atoms with Crippen LogP contribution in [0.3, 0.4) is 0 Å². The largest absolute Gasteiger partial charge is 0.371 e. The lowest BCUT2D eigenvalue weighted by molar-refractivity contribution is -0.111. The van der Waals surface area contributed by atoms with Crippen LogP contribution in [0.1, 0.15) is 28.1 Å². The number of hydrogen-bond acceptors (Lipinski definition) is 5.